The number of ether oxygens (including phenoxy) is 11. The number of hydrogen-bond donors (Lipinski definition) is 5. The molecule has 0 amide bonds. The molecule has 5 N–H and O–H groups in total. The first-order valence-electron chi connectivity index (χ1n) is 55.4. The van der Waals surface area contributed by atoms with E-state index in [-0.39, 0.29) is 0 Å². The van der Waals surface area contributed by atoms with Gasteiger partial charge in [0.05, 0.1) is 71.6 Å². The minimum atomic E-state index is 0.778. The first-order chi connectivity index (χ1) is 65.5. The lowest BCUT2D eigenvalue weighted by molar-refractivity contribution is -0.0334. The molecule has 17 saturated heterocycles. The summed E-state index contributed by atoms with van der Waals surface area (Å²) in [6.45, 7) is 33.9. The Hall–Kier alpha value is -0.260. The Morgan fingerprint density at radius 2 is 0.344 bits per heavy atom. The maximum Gasteiger partial charge on any atom is 0.0701 e. The Bertz CT molecular complexity index is 1660. The van der Waals surface area contributed by atoms with Gasteiger partial charge in [-0.25, -0.2) is 0 Å². The monoisotopic (exact) mass is 1940 g/mol. The van der Waals surface area contributed by atoms with Gasteiger partial charge in [-0.2, -0.15) is 47.0 Å². The van der Waals surface area contributed by atoms with Gasteiger partial charge in [-0.05, 0) is 318 Å². The van der Waals surface area contributed by atoms with E-state index in [4.69, 9.17) is 47.4 Å². The molecule has 0 spiro atoms. The summed E-state index contributed by atoms with van der Waals surface area (Å²) in [5, 5.41) is 16.0. The van der Waals surface area contributed by atoms with Crippen molar-refractivity contribution in [1.29, 1.82) is 0 Å². The Labute approximate surface area is 832 Å². The van der Waals surface area contributed by atoms with Crippen molar-refractivity contribution in [2.24, 2.45) is 4.99 Å². The van der Waals surface area contributed by atoms with Crippen molar-refractivity contribution in [2.45, 2.75) is 372 Å². The molecule has 131 heavy (non-hydrogen) atoms. The van der Waals surface area contributed by atoms with Crippen LogP contribution in [0.4, 0.5) is 0 Å². The van der Waals surface area contributed by atoms with Gasteiger partial charge in [0.15, 0.2) is 0 Å². The maximum absolute atomic E-state index is 5.19. The lowest BCUT2D eigenvalue weighted by Crippen LogP contribution is -2.29. The van der Waals surface area contributed by atoms with Gasteiger partial charge in [-0.1, -0.05) is 190 Å². The van der Waals surface area contributed by atoms with Crippen molar-refractivity contribution in [1.82, 2.24) is 26.6 Å². The van der Waals surface area contributed by atoms with Crippen molar-refractivity contribution < 1.29 is 52.1 Å². The van der Waals surface area contributed by atoms with Crippen LogP contribution in [0.3, 0.4) is 0 Å². The van der Waals surface area contributed by atoms with Crippen LogP contribution in [-0.2, 0) is 52.1 Å². The number of nitrogens with one attached hydrogen (secondary N) is 5. The molecule has 0 radical (unpaired) electrons. The van der Waals surface area contributed by atoms with Crippen molar-refractivity contribution in [3.63, 3.8) is 0 Å². The molecule has 2 saturated carbocycles. The molecular formula is C109H214N6O11S5. The van der Waals surface area contributed by atoms with Crippen LogP contribution < -0.4 is 26.6 Å². The second-order valence-corrected chi connectivity index (χ2v) is 41.6. The lowest BCUT2D eigenvalue weighted by Gasteiger charge is -2.09. The highest BCUT2D eigenvalue weighted by Gasteiger charge is 2.06. The van der Waals surface area contributed by atoms with Crippen molar-refractivity contribution in [2.75, 3.05) is 269 Å². The molecule has 18 heterocycles. The summed E-state index contributed by atoms with van der Waals surface area (Å²) in [7, 11) is 0. The molecule has 0 aromatic carbocycles. The molecule has 18 aliphatic heterocycles. The Morgan fingerprint density at radius 3 is 0.588 bits per heavy atom. The van der Waals surface area contributed by atoms with Crippen LogP contribution >= 0.6 is 58.8 Å². The molecule has 19 fully saturated rings. The molecule has 17 nitrogen and oxygen atoms in total. The topological polar surface area (TPSA) is 187 Å². The highest BCUT2D eigenvalue weighted by molar-refractivity contribution is 8.12. The van der Waals surface area contributed by atoms with E-state index in [0.717, 1.165) is 158 Å². The SMILES string of the molecule is C1=CCCCC1.C1=CCCCC=C1.C1=CCCCCC1.C1=NCCS1.C1CCCCC1.C1CCCCCC1.C1CCCNCC1.C1CCCOCC1.C1CCCSCC1.C1CCNC1.C1CCNCC1.C1CCOC1.C1CCOCC1.C1CCOCC1.C1CCSC1.C1CCSCC1.C1CN1.C1CNC1.C1CO1.C1COC1.C1COCCO1.C1COCCOC1.C1CSCCO1. The summed E-state index contributed by atoms with van der Waals surface area (Å²) < 4.78 is 54.6. The third-order valence-corrected chi connectivity index (χ3v) is 27.9. The Kier molecular flexibility index (Phi) is 124. The van der Waals surface area contributed by atoms with Gasteiger partial charge in [-0.3, -0.25) is 4.99 Å². The average Bonchev–Trinajstić information content (AvgIpc) is 2.09. The van der Waals surface area contributed by atoms with Gasteiger partial charge in [0, 0.05) is 116 Å². The quantitative estimate of drug-likeness (QED) is 0.0875. The van der Waals surface area contributed by atoms with Crippen molar-refractivity contribution >= 4 is 64.4 Å². The third-order valence-electron chi connectivity index (χ3n) is 22.8. The van der Waals surface area contributed by atoms with Crippen LogP contribution in [0.2, 0.25) is 0 Å². The van der Waals surface area contributed by atoms with Crippen LogP contribution in [0, 0.1) is 0 Å². The molecule has 23 rings (SSSR count). The first kappa shape index (κ1) is 129. The summed E-state index contributed by atoms with van der Waals surface area (Å²) in [5.41, 5.74) is 1.90. The minimum absolute atomic E-state index is 0.778. The van der Waals surface area contributed by atoms with Crippen LogP contribution in [0.15, 0.2) is 53.6 Å². The normalized spacial score (nSPS) is 23.4. The summed E-state index contributed by atoms with van der Waals surface area (Å²) in [4.78, 5) is 3.92. The summed E-state index contributed by atoms with van der Waals surface area (Å²) >= 11 is 10.0. The largest absolute Gasteiger partial charge is 0.381 e. The molecule has 776 valence electrons. The van der Waals surface area contributed by atoms with Gasteiger partial charge in [0.2, 0.25) is 0 Å². The van der Waals surface area contributed by atoms with E-state index in [1.54, 1.807) is 11.8 Å². The highest BCUT2D eigenvalue weighted by Crippen LogP contribution is 2.20. The van der Waals surface area contributed by atoms with E-state index in [2.05, 4.69) is 120 Å². The zero-order chi connectivity index (χ0) is 92.6. The van der Waals surface area contributed by atoms with Gasteiger partial charge >= 0.3 is 0 Å². The fraction of sp³-hybridized carbons (Fsp3) is 0.917. The van der Waals surface area contributed by atoms with E-state index in [1.807, 2.05) is 17.3 Å². The molecule has 5 aliphatic carbocycles. The zero-order valence-electron chi connectivity index (χ0n) is 85.4. The van der Waals surface area contributed by atoms with Crippen molar-refractivity contribution in [3.8, 4) is 0 Å². The molecule has 0 aromatic heterocycles. The fourth-order valence-electron chi connectivity index (χ4n) is 14.0. The number of hydrogen-bond acceptors (Lipinski definition) is 22. The maximum atomic E-state index is 5.19. The number of epoxide rings is 1. The number of thioether (sulfide) groups is 5. The lowest BCUT2D eigenvalue weighted by atomic mass is 10.0. The predicted octanol–water partition coefficient (Wildman–Crippen LogP) is 26.7. The second kappa shape index (κ2) is 126. The van der Waals surface area contributed by atoms with Gasteiger partial charge < -0.3 is 78.7 Å². The first-order valence-corrected chi connectivity index (χ1v) is 61.1. The smallest absolute Gasteiger partial charge is 0.0701 e. The summed E-state index contributed by atoms with van der Waals surface area (Å²) in [5.74, 6) is 12.1. The number of rotatable bonds is 0. The van der Waals surface area contributed by atoms with Crippen LogP contribution in [0.25, 0.3) is 0 Å². The molecule has 0 bridgehead atoms. The number of allylic oxidation sites excluding steroid dienone is 8. The van der Waals surface area contributed by atoms with Gasteiger partial charge in [0.25, 0.3) is 0 Å². The molecule has 0 atom stereocenters. The van der Waals surface area contributed by atoms with E-state index >= 15 is 0 Å². The van der Waals surface area contributed by atoms with Gasteiger partial charge in [-0.15, -0.1) is 11.8 Å². The zero-order valence-corrected chi connectivity index (χ0v) is 89.5. The standard InChI is InChI=1S/C7H14.C7H12.C7H10.C6H13N.C6H12O.C6H12S.C6H12.C6H10.C5H11N.C5H10O2.2C5H10O.C5H10S.C4H9N.C4H8O2.C4H8OS.C4H8O.C4H8S.C3H5NS.C3H7N.C3H6O.C2H5N.C2H4O/c6*1-2-4-6-7-5-3-1;3*1-2-4-6-5-3-1;1-2-6-4-5-7-3-1;3*1-2-4-6-5-3-1;1-2-4-5-3-1;1-2-6-4-3-5-1;1-3-6-4-2-5-1;2*1-2-4-5-3-1;1-2-5-3-4-1;2*1-2-4-3-1;2*1-2-3-1/h1-7H2;1-2H,3-7H2;1-4H,5-7H2;7H,1-6H2;2*1-6H2;1-6H2;1-2H,3-6H2;6H,1-5H2;1-5H2;3*1-5H2;5H,1-4H2;2*1-4H2;2*1-4H2;3H,1-2H2;4H,1-3H2;1-3H2;3H,1-2H2;1-2H2. The number of piperidine rings is 1. The second-order valence-electron chi connectivity index (χ2n) is 35.7. The third kappa shape index (κ3) is 132. The molecular weight excluding hydrogens is 1730 g/mol. The van der Waals surface area contributed by atoms with Gasteiger partial charge in [0.1, 0.15) is 0 Å². The van der Waals surface area contributed by atoms with E-state index < -0.39 is 0 Å². The van der Waals surface area contributed by atoms with E-state index in [1.165, 1.54) is 483 Å². The van der Waals surface area contributed by atoms with E-state index in [0.29, 0.717) is 0 Å². The molecule has 0 aromatic rings. The van der Waals surface area contributed by atoms with Crippen LogP contribution in [0.5, 0.6) is 0 Å². The minimum Gasteiger partial charge on any atom is -0.381 e. The van der Waals surface area contributed by atoms with Crippen molar-refractivity contribution in [3.05, 3.63) is 48.6 Å². The number of nitrogens with zero attached hydrogens (tertiary/aromatic N) is 1. The highest BCUT2D eigenvalue weighted by atomic mass is 32.2. The van der Waals surface area contributed by atoms with Crippen LogP contribution in [-0.4, -0.2) is 275 Å². The fourth-order valence-corrected chi connectivity index (χ4v) is 18.2. The predicted molar refractivity (Wildman–Crippen MR) is 583 cm³/mol. The molecule has 22 heteroatoms. The summed E-state index contributed by atoms with van der Waals surface area (Å²) in [6, 6.07) is 0. The Balaban J connectivity index is 0.000000686. The average molecular weight is 1950 g/mol. The molecule has 23 aliphatic rings. The Morgan fingerprint density at radius 1 is 0.153 bits per heavy atom. The summed E-state index contributed by atoms with van der Waals surface area (Å²) in [6.07, 6.45) is 98.8. The molecule has 0 unspecified atom stereocenters. The van der Waals surface area contributed by atoms with E-state index in [9.17, 15) is 0 Å². The number of aliphatic imine (C=N–C) groups is 1. The van der Waals surface area contributed by atoms with Crippen LogP contribution in [0.1, 0.15) is 372 Å².